The van der Waals surface area contributed by atoms with E-state index < -0.39 is 0 Å². The Morgan fingerprint density at radius 2 is 1.28 bits per heavy atom. The molecule has 0 bridgehead atoms. The van der Waals surface area contributed by atoms with Crippen LogP contribution in [0.1, 0.15) is 18.2 Å². The van der Waals surface area contributed by atoms with Crippen molar-refractivity contribution in [1.82, 2.24) is 9.13 Å². The van der Waals surface area contributed by atoms with E-state index >= 15 is 0 Å². The number of benzene rings is 6. The van der Waals surface area contributed by atoms with Gasteiger partial charge in [-0.15, -0.1) is 0 Å². The number of furan rings is 1. The van der Waals surface area contributed by atoms with E-state index in [0.29, 0.717) is 5.92 Å². The summed E-state index contributed by atoms with van der Waals surface area (Å²) in [4.78, 5) is 0. The first-order valence-corrected chi connectivity index (χ1v) is 16.1. The molecule has 0 spiro atoms. The summed E-state index contributed by atoms with van der Waals surface area (Å²) in [7, 11) is 0. The third-order valence-corrected chi connectivity index (χ3v) is 9.86. The molecule has 0 amide bonds. The van der Waals surface area contributed by atoms with Crippen LogP contribution >= 0.6 is 0 Å². The lowest BCUT2D eigenvalue weighted by molar-refractivity contribution is 0.670. The molecule has 0 saturated carbocycles. The van der Waals surface area contributed by atoms with E-state index in [-0.39, 0.29) is 0 Å². The lowest BCUT2D eigenvalue weighted by Crippen LogP contribution is -2.08. The Balaban J connectivity index is 1.17. The first-order chi connectivity index (χ1) is 22.7. The van der Waals surface area contributed by atoms with E-state index in [1.807, 2.05) is 0 Å². The number of allylic oxidation sites excluding steroid dienone is 1. The fraction of sp³-hybridized carbons (Fsp3) is 0.0698. The highest BCUT2D eigenvalue weighted by atomic mass is 16.3. The number of hydrogen-bond donors (Lipinski definition) is 0. The minimum absolute atomic E-state index is 0.510. The van der Waals surface area contributed by atoms with Crippen LogP contribution in [0.25, 0.3) is 83.2 Å². The van der Waals surface area contributed by atoms with Gasteiger partial charge in [-0.25, -0.2) is 0 Å². The molecule has 0 fully saturated rings. The van der Waals surface area contributed by atoms with Crippen LogP contribution in [-0.2, 0) is 6.42 Å². The molecule has 3 aromatic heterocycles. The lowest BCUT2D eigenvalue weighted by Gasteiger charge is -2.17. The van der Waals surface area contributed by atoms with Gasteiger partial charge in [-0.3, -0.25) is 0 Å². The van der Waals surface area contributed by atoms with Crippen molar-refractivity contribution in [3.63, 3.8) is 0 Å². The molecule has 218 valence electrons. The SMILES string of the molecule is CC1C=Cc2c(n(-c3ccccc3)c3ccc(-c4cccc5c4oc4ccc(-n6c7ccccc7c7ccccc76)cc45)cc23)C1. The molecule has 1 atom stereocenters. The topological polar surface area (TPSA) is 23.0 Å². The maximum atomic E-state index is 6.67. The molecule has 0 saturated heterocycles. The van der Waals surface area contributed by atoms with E-state index in [0.717, 1.165) is 39.6 Å². The molecular weight excluding hydrogens is 560 g/mol. The summed E-state index contributed by atoms with van der Waals surface area (Å²) in [5.74, 6) is 0.510. The normalized spacial score (nSPS) is 14.7. The molecular formula is C43H30N2O. The average molecular weight is 591 g/mol. The van der Waals surface area contributed by atoms with Gasteiger partial charge in [0.1, 0.15) is 11.2 Å². The Bertz CT molecular complexity index is 2630. The molecule has 0 N–H and O–H groups in total. The Morgan fingerprint density at radius 1 is 0.565 bits per heavy atom. The Kier molecular flexibility index (Phi) is 5.32. The van der Waals surface area contributed by atoms with E-state index in [9.17, 15) is 0 Å². The Hall–Kier alpha value is -5.80. The molecule has 0 radical (unpaired) electrons. The highest BCUT2D eigenvalue weighted by Crippen LogP contribution is 2.41. The van der Waals surface area contributed by atoms with Crippen LogP contribution in [0.2, 0.25) is 0 Å². The monoisotopic (exact) mass is 590 g/mol. The van der Waals surface area contributed by atoms with Crippen LogP contribution in [0.5, 0.6) is 0 Å². The largest absolute Gasteiger partial charge is 0.455 e. The van der Waals surface area contributed by atoms with Crippen molar-refractivity contribution in [2.45, 2.75) is 13.3 Å². The van der Waals surface area contributed by atoms with Crippen molar-refractivity contribution in [1.29, 1.82) is 0 Å². The molecule has 6 aromatic carbocycles. The lowest BCUT2D eigenvalue weighted by atomic mass is 9.93. The van der Waals surface area contributed by atoms with Gasteiger partial charge in [0.25, 0.3) is 0 Å². The number of hydrogen-bond acceptors (Lipinski definition) is 1. The fourth-order valence-electron chi connectivity index (χ4n) is 7.78. The molecule has 9 aromatic rings. The fourth-order valence-corrected chi connectivity index (χ4v) is 7.78. The summed E-state index contributed by atoms with van der Waals surface area (Å²) in [5.41, 5.74) is 12.8. The van der Waals surface area contributed by atoms with Crippen molar-refractivity contribution in [2.24, 2.45) is 5.92 Å². The zero-order valence-electron chi connectivity index (χ0n) is 25.4. The molecule has 1 aliphatic rings. The van der Waals surface area contributed by atoms with E-state index in [1.165, 1.54) is 55.2 Å². The number of fused-ring (bicyclic) bond motifs is 9. The van der Waals surface area contributed by atoms with Crippen LogP contribution in [0.15, 0.2) is 144 Å². The summed E-state index contributed by atoms with van der Waals surface area (Å²) in [6.07, 6.45) is 5.70. The van der Waals surface area contributed by atoms with Crippen molar-refractivity contribution in [3.8, 4) is 22.5 Å². The molecule has 10 rings (SSSR count). The summed E-state index contributed by atoms with van der Waals surface area (Å²) in [6, 6.07) is 48.1. The van der Waals surface area contributed by atoms with Gasteiger partial charge in [0, 0.05) is 55.1 Å². The summed E-state index contributed by atoms with van der Waals surface area (Å²) < 4.78 is 11.5. The molecule has 3 nitrogen and oxygen atoms in total. The first-order valence-electron chi connectivity index (χ1n) is 16.1. The van der Waals surface area contributed by atoms with Gasteiger partial charge in [0.15, 0.2) is 0 Å². The second-order valence-electron chi connectivity index (χ2n) is 12.6. The van der Waals surface area contributed by atoms with Gasteiger partial charge in [-0.1, -0.05) is 97.9 Å². The summed E-state index contributed by atoms with van der Waals surface area (Å²) in [6.45, 7) is 2.30. The highest BCUT2D eigenvalue weighted by molar-refractivity contribution is 6.12. The van der Waals surface area contributed by atoms with Gasteiger partial charge in [0.05, 0.1) is 16.6 Å². The third kappa shape index (κ3) is 3.60. The maximum Gasteiger partial charge on any atom is 0.143 e. The molecule has 3 heteroatoms. The second kappa shape index (κ2) is 9.60. The zero-order chi connectivity index (χ0) is 30.4. The zero-order valence-corrected chi connectivity index (χ0v) is 25.4. The van der Waals surface area contributed by atoms with Crippen LogP contribution in [0.4, 0.5) is 0 Å². The van der Waals surface area contributed by atoms with E-state index in [1.54, 1.807) is 0 Å². The van der Waals surface area contributed by atoms with Gasteiger partial charge in [-0.2, -0.15) is 0 Å². The number of para-hydroxylation sites is 4. The van der Waals surface area contributed by atoms with Gasteiger partial charge >= 0.3 is 0 Å². The number of rotatable bonds is 3. The van der Waals surface area contributed by atoms with Crippen LogP contribution in [-0.4, -0.2) is 9.13 Å². The molecule has 0 aliphatic heterocycles. The molecule has 46 heavy (non-hydrogen) atoms. The smallest absolute Gasteiger partial charge is 0.143 e. The van der Waals surface area contributed by atoms with Crippen molar-refractivity contribution in [2.75, 3.05) is 0 Å². The van der Waals surface area contributed by atoms with Crippen molar-refractivity contribution >= 4 is 60.7 Å². The van der Waals surface area contributed by atoms with Crippen LogP contribution in [0.3, 0.4) is 0 Å². The second-order valence-corrected chi connectivity index (χ2v) is 12.6. The predicted molar refractivity (Wildman–Crippen MR) is 192 cm³/mol. The van der Waals surface area contributed by atoms with E-state index in [2.05, 4.69) is 162 Å². The Labute approximate surface area is 266 Å². The quantitative estimate of drug-likeness (QED) is 0.201. The standard InChI is InChI=1S/C43H30N2O/c1-27-18-21-34-36-25-28(19-22-40(36)44(41(34)24-27)29-10-3-2-4-11-29)31-14-9-15-35-37-26-30(20-23-42(37)46-43(31)35)45-38-16-7-5-12-32(38)33-13-6-8-17-39(33)45/h2-23,25-27H,24H2,1H3. The number of aromatic nitrogens is 2. The molecule has 1 unspecified atom stereocenters. The van der Waals surface area contributed by atoms with Gasteiger partial charge in [0.2, 0.25) is 0 Å². The predicted octanol–water partition coefficient (Wildman–Crippen LogP) is 11.5. The van der Waals surface area contributed by atoms with Gasteiger partial charge in [-0.05, 0) is 72.5 Å². The van der Waals surface area contributed by atoms with Gasteiger partial charge < -0.3 is 13.6 Å². The average Bonchev–Trinajstić information content (AvgIpc) is 3.75. The maximum absolute atomic E-state index is 6.67. The van der Waals surface area contributed by atoms with Crippen LogP contribution in [0, 0.1) is 5.92 Å². The third-order valence-electron chi connectivity index (χ3n) is 9.86. The summed E-state index contributed by atoms with van der Waals surface area (Å²) >= 11 is 0. The van der Waals surface area contributed by atoms with Crippen molar-refractivity contribution < 1.29 is 4.42 Å². The number of nitrogens with zero attached hydrogens (tertiary/aromatic N) is 2. The molecule has 1 aliphatic carbocycles. The first kappa shape index (κ1) is 25.5. The van der Waals surface area contributed by atoms with E-state index in [4.69, 9.17) is 4.42 Å². The van der Waals surface area contributed by atoms with Crippen LogP contribution < -0.4 is 0 Å². The minimum atomic E-state index is 0.510. The van der Waals surface area contributed by atoms with Crippen molar-refractivity contribution in [3.05, 3.63) is 151 Å². The highest BCUT2D eigenvalue weighted by Gasteiger charge is 2.22. The Morgan fingerprint density at radius 3 is 2.09 bits per heavy atom. The summed E-state index contributed by atoms with van der Waals surface area (Å²) in [5, 5.41) is 6.07. The minimum Gasteiger partial charge on any atom is -0.455 e. The molecule has 3 heterocycles.